The third-order valence-corrected chi connectivity index (χ3v) is 5.09. The fourth-order valence-corrected chi connectivity index (χ4v) is 3.29. The van der Waals surface area contributed by atoms with Gasteiger partial charge in [0.2, 0.25) is 0 Å². The van der Waals surface area contributed by atoms with Crippen LogP contribution in [0.15, 0.2) is 0 Å². The molecule has 164 valence electrons. The average Bonchev–Trinajstić information content (AvgIpc) is 2.98. The largest absolute Gasteiger partial charge is 0.467 e. The van der Waals surface area contributed by atoms with E-state index in [4.69, 9.17) is 15.3 Å². The number of esters is 1. The Kier molecular flexibility index (Phi) is 9.73. The topological polar surface area (TPSA) is 142 Å². The van der Waals surface area contributed by atoms with Crippen LogP contribution in [0.25, 0.3) is 0 Å². The summed E-state index contributed by atoms with van der Waals surface area (Å²) in [6.45, 7) is 6.59. The van der Waals surface area contributed by atoms with Crippen molar-refractivity contribution < 1.29 is 38.2 Å². The van der Waals surface area contributed by atoms with E-state index in [1.807, 2.05) is 13.8 Å². The Labute approximate surface area is 170 Å². The highest BCUT2D eigenvalue weighted by atomic mass is 16.6. The van der Waals surface area contributed by atoms with Crippen molar-refractivity contribution in [3.05, 3.63) is 0 Å². The van der Waals surface area contributed by atoms with Crippen molar-refractivity contribution in [2.24, 2.45) is 23.6 Å². The summed E-state index contributed by atoms with van der Waals surface area (Å²) in [7, 11) is 0. The summed E-state index contributed by atoms with van der Waals surface area (Å²) in [5, 5.41) is 0.852. The molecule has 1 aliphatic rings. The van der Waals surface area contributed by atoms with Gasteiger partial charge in [-0.2, -0.15) is 0 Å². The molecule has 4 unspecified atom stereocenters. The number of carbonyl (C=O) groups excluding carboxylic acids is 5. The molecule has 1 rings (SSSR count). The molecule has 1 aliphatic heterocycles. The molecule has 0 bridgehead atoms. The Morgan fingerprint density at radius 2 is 1.93 bits per heavy atom. The van der Waals surface area contributed by atoms with Gasteiger partial charge in [0.05, 0.1) is 6.61 Å². The summed E-state index contributed by atoms with van der Waals surface area (Å²) in [6.07, 6.45) is -0.300. The number of hydrogen-bond acceptors (Lipinski definition) is 9. The van der Waals surface area contributed by atoms with Crippen molar-refractivity contribution in [2.45, 2.75) is 59.1 Å². The van der Waals surface area contributed by atoms with Crippen LogP contribution in [0.5, 0.6) is 0 Å². The number of carbonyl (C=O) groups is 5. The van der Waals surface area contributed by atoms with Crippen molar-refractivity contribution in [1.82, 2.24) is 5.01 Å². The zero-order chi connectivity index (χ0) is 22.1. The molecule has 5 atom stereocenters. The molecule has 2 N–H and O–H groups in total. The predicted molar refractivity (Wildman–Crippen MR) is 100 cm³/mol. The molecule has 1 fully saturated rings. The van der Waals surface area contributed by atoms with Gasteiger partial charge in [-0.25, -0.2) is 15.6 Å². The van der Waals surface area contributed by atoms with E-state index in [9.17, 15) is 24.0 Å². The first kappa shape index (κ1) is 24.5. The number of ether oxygens (including phenoxy) is 3. The number of rotatable bonds is 13. The number of hydrogen-bond donors (Lipinski definition) is 1. The maximum absolute atomic E-state index is 12.6. The van der Waals surface area contributed by atoms with E-state index in [0.717, 1.165) is 11.4 Å². The van der Waals surface area contributed by atoms with E-state index in [0.29, 0.717) is 6.42 Å². The number of hydrazine groups is 1. The molecule has 0 aromatic heterocycles. The quantitative estimate of drug-likeness (QED) is 0.0888. The fourth-order valence-electron chi connectivity index (χ4n) is 3.29. The van der Waals surface area contributed by atoms with Gasteiger partial charge in [-0.3, -0.25) is 19.2 Å². The van der Waals surface area contributed by atoms with E-state index >= 15 is 0 Å². The summed E-state index contributed by atoms with van der Waals surface area (Å²) in [4.78, 5) is 58.7. The number of nitrogens with zero attached hydrogens (tertiary/aromatic N) is 1. The highest BCUT2D eigenvalue weighted by Gasteiger charge is 2.47. The normalized spacial score (nSPS) is 21.7. The van der Waals surface area contributed by atoms with Crippen molar-refractivity contribution in [1.29, 1.82) is 0 Å². The summed E-state index contributed by atoms with van der Waals surface area (Å²) in [5.74, 6) is 2.59. The molecule has 1 saturated heterocycles. The van der Waals surface area contributed by atoms with Crippen LogP contribution in [0.1, 0.15) is 47.0 Å². The maximum atomic E-state index is 12.6. The SMILES string of the molecule is CCC[C@@H](C)C(=O)C(C)C1C(COC(=O)C(C)C(=O)CCOC=O)OC(=O)N1N. The number of Topliss-reactive ketones (excluding diaryl/α,β-unsaturated/α-hetero) is 2. The monoisotopic (exact) mass is 414 g/mol. The van der Waals surface area contributed by atoms with E-state index in [1.54, 1.807) is 6.92 Å². The van der Waals surface area contributed by atoms with Crippen LogP contribution in [0, 0.1) is 17.8 Å². The number of amides is 1. The van der Waals surface area contributed by atoms with E-state index in [-0.39, 0.29) is 37.8 Å². The van der Waals surface area contributed by atoms with Crippen molar-refractivity contribution in [3.63, 3.8) is 0 Å². The minimum atomic E-state index is -1.07. The highest BCUT2D eigenvalue weighted by molar-refractivity contribution is 5.98. The number of cyclic esters (lactones) is 1. The Morgan fingerprint density at radius 1 is 1.28 bits per heavy atom. The Bertz CT molecular complexity index is 623. The predicted octanol–water partition coefficient (Wildman–Crippen LogP) is 1.00. The van der Waals surface area contributed by atoms with Gasteiger partial charge in [0.1, 0.15) is 30.1 Å². The van der Waals surface area contributed by atoms with Gasteiger partial charge in [-0.1, -0.05) is 27.2 Å². The fraction of sp³-hybridized carbons (Fsp3) is 0.737. The van der Waals surface area contributed by atoms with Gasteiger partial charge < -0.3 is 14.2 Å². The summed E-state index contributed by atoms with van der Waals surface area (Å²) < 4.78 is 14.7. The highest BCUT2D eigenvalue weighted by Crippen LogP contribution is 2.27. The van der Waals surface area contributed by atoms with Gasteiger partial charge >= 0.3 is 12.1 Å². The molecular formula is C19H30N2O8. The van der Waals surface area contributed by atoms with Crippen LogP contribution < -0.4 is 5.84 Å². The molecule has 29 heavy (non-hydrogen) atoms. The molecular weight excluding hydrogens is 384 g/mol. The Balaban J connectivity index is 2.71. The number of ketones is 2. The Morgan fingerprint density at radius 3 is 2.52 bits per heavy atom. The molecule has 10 heteroatoms. The van der Waals surface area contributed by atoms with E-state index in [1.165, 1.54) is 6.92 Å². The second-order valence-electron chi connectivity index (χ2n) is 7.24. The van der Waals surface area contributed by atoms with Crippen LogP contribution in [0.2, 0.25) is 0 Å². The van der Waals surface area contributed by atoms with Crippen LogP contribution in [0.3, 0.4) is 0 Å². The first-order chi connectivity index (χ1) is 13.6. The van der Waals surface area contributed by atoms with Gasteiger partial charge in [-0.05, 0) is 13.3 Å². The van der Waals surface area contributed by atoms with Crippen molar-refractivity contribution in [2.75, 3.05) is 13.2 Å². The molecule has 0 aliphatic carbocycles. The van der Waals surface area contributed by atoms with Crippen molar-refractivity contribution >= 4 is 30.1 Å². The first-order valence-electron chi connectivity index (χ1n) is 9.68. The lowest BCUT2D eigenvalue weighted by atomic mass is 9.85. The van der Waals surface area contributed by atoms with E-state index < -0.39 is 41.8 Å². The van der Waals surface area contributed by atoms with Gasteiger partial charge in [-0.15, -0.1) is 0 Å². The first-order valence-corrected chi connectivity index (χ1v) is 9.68. The second-order valence-corrected chi connectivity index (χ2v) is 7.24. The lowest BCUT2D eigenvalue weighted by molar-refractivity contribution is -0.154. The van der Waals surface area contributed by atoms with Gasteiger partial charge in [0, 0.05) is 18.3 Å². The van der Waals surface area contributed by atoms with Crippen molar-refractivity contribution in [3.8, 4) is 0 Å². The zero-order valence-electron chi connectivity index (χ0n) is 17.3. The van der Waals surface area contributed by atoms with Crippen LogP contribution >= 0.6 is 0 Å². The molecule has 0 radical (unpaired) electrons. The molecule has 0 aromatic rings. The molecule has 0 aromatic carbocycles. The smallest absolute Gasteiger partial charge is 0.424 e. The van der Waals surface area contributed by atoms with Gasteiger partial charge in [0.25, 0.3) is 6.47 Å². The minimum absolute atomic E-state index is 0.0550. The minimum Gasteiger partial charge on any atom is -0.467 e. The molecule has 10 nitrogen and oxygen atoms in total. The summed E-state index contributed by atoms with van der Waals surface area (Å²) in [6, 6.07) is -0.783. The zero-order valence-corrected chi connectivity index (χ0v) is 17.3. The molecule has 0 spiro atoms. The van der Waals surface area contributed by atoms with Gasteiger partial charge in [0.15, 0.2) is 6.10 Å². The Hall–Kier alpha value is -2.49. The van der Waals surface area contributed by atoms with Crippen LogP contribution in [-0.2, 0) is 33.4 Å². The maximum Gasteiger partial charge on any atom is 0.424 e. The number of nitrogens with two attached hydrogens (primary N) is 1. The van der Waals surface area contributed by atoms with Crippen LogP contribution in [-0.4, -0.2) is 60.5 Å². The lowest BCUT2D eigenvalue weighted by Crippen LogP contribution is -2.50. The summed E-state index contributed by atoms with van der Waals surface area (Å²) >= 11 is 0. The third kappa shape index (κ3) is 6.52. The average molecular weight is 414 g/mol. The van der Waals surface area contributed by atoms with Crippen LogP contribution in [0.4, 0.5) is 4.79 Å². The third-order valence-electron chi connectivity index (χ3n) is 5.09. The molecule has 1 amide bonds. The lowest BCUT2D eigenvalue weighted by Gasteiger charge is -2.27. The molecule has 1 heterocycles. The standard InChI is InChI=1S/C19H30N2O8/c1-5-6-11(2)17(24)13(4)16-15(29-19(26)21(16)20)9-28-18(25)12(3)14(23)7-8-27-10-22/h10-13,15-16H,5-9,20H2,1-4H3/t11-,12?,13?,15?,16?/m1/s1. The van der Waals surface area contributed by atoms with E-state index in [2.05, 4.69) is 4.74 Å². The molecule has 0 saturated carbocycles. The second kappa shape index (κ2) is 11.5. The summed E-state index contributed by atoms with van der Waals surface area (Å²) in [5.41, 5.74) is 0.